The lowest BCUT2D eigenvalue weighted by atomic mass is 10.2. The van der Waals surface area contributed by atoms with Crippen LogP contribution in [0.1, 0.15) is 5.56 Å². The highest BCUT2D eigenvalue weighted by molar-refractivity contribution is 7.98. The quantitative estimate of drug-likeness (QED) is 0.262. The van der Waals surface area contributed by atoms with E-state index in [1.54, 1.807) is 41.1 Å². The number of fused-ring (bicyclic) bond motifs is 1. The van der Waals surface area contributed by atoms with E-state index in [4.69, 9.17) is 0 Å². The van der Waals surface area contributed by atoms with Gasteiger partial charge in [-0.2, -0.15) is 0 Å². The zero-order chi connectivity index (χ0) is 20.4. The van der Waals surface area contributed by atoms with Gasteiger partial charge in [0.15, 0.2) is 10.8 Å². The molecule has 9 nitrogen and oxygen atoms in total. The third-order valence-electron chi connectivity index (χ3n) is 4.20. The Labute approximate surface area is 168 Å². The average Bonchev–Trinajstić information content (AvgIpc) is 3.11. The van der Waals surface area contributed by atoms with Crippen LogP contribution >= 0.6 is 11.8 Å². The highest BCUT2D eigenvalue weighted by Gasteiger charge is 2.16. The molecule has 0 saturated heterocycles. The maximum atomic E-state index is 11.2. The average molecular weight is 407 g/mol. The fourth-order valence-electron chi connectivity index (χ4n) is 2.83. The van der Waals surface area contributed by atoms with Gasteiger partial charge in [0, 0.05) is 36.2 Å². The Morgan fingerprint density at radius 2 is 1.69 bits per heavy atom. The normalized spacial score (nSPS) is 10.9. The Morgan fingerprint density at radius 3 is 2.41 bits per heavy atom. The lowest BCUT2D eigenvalue weighted by Crippen LogP contribution is -1.99. The van der Waals surface area contributed by atoms with E-state index in [1.807, 2.05) is 6.07 Å². The zero-order valence-corrected chi connectivity index (χ0v) is 15.7. The number of thioether (sulfide) groups is 1. The van der Waals surface area contributed by atoms with Crippen molar-refractivity contribution in [2.75, 3.05) is 0 Å². The smallest absolute Gasteiger partial charge is 0.271 e. The Morgan fingerprint density at radius 1 is 0.931 bits per heavy atom. The van der Waals surface area contributed by atoms with Crippen molar-refractivity contribution in [3.8, 4) is 5.69 Å². The van der Waals surface area contributed by atoms with Crippen LogP contribution in [-0.4, -0.2) is 24.4 Å². The lowest BCUT2D eigenvalue weighted by molar-refractivity contribution is -0.385. The van der Waals surface area contributed by atoms with E-state index >= 15 is 0 Å². The maximum absolute atomic E-state index is 11.2. The largest absolute Gasteiger partial charge is 0.271 e. The van der Waals surface area contributed by atoms with E-state index in [0.717, 1.165) is 5.56 Å². The fraction of sp³-hybridized carbons (Fsp3) is 0.0526. The second-order valence-electron chi connectivity index (χ2n) is 6.07. The van der Waals surface area contributed by atoms with Crippen LogP contribution in [-0.2, 0) is 5.75 Å². The van der Waals surface area contributed by atoms with Gasteiger partial charge in [-0.05, 0) is 23.8 Å². The van der Waals surface area contributed by atoms with E-state index in [0.29, 0.717) is 27.8 Å². The second kappa shape index (κ2) is 7.68. The third-order valence-corrected chi connectivity index (χ3v) is 5.21. The van der Waals surface area contributed by atoms with Gasteiger partial charge in [-0.25, -0.2) is 9.97 Å². The molecule has 0 amide bonds. The minimum absolute atomic E-state index is 0.0217. The summed E-state index contributed by atoms with van der Waals surface area (Å²) in [5.74, 6) is 0.524. The summed E-state index contributed by atoms with van der Waals surface area (Å²) in [6.45, 7) is 0. The maximum Gasteiger partial charge on any atom is 0.271 e. The molecule has 4 aromatic rings. The van der Waals surface area contributed by atoms with Gasteiger partial charge >= 0.3 is 0 Å². The molecule has 0 aliphatic rings. The predicted molar refractivity (Wildman–Crippen MR) is 108 cm³/mol. The fourth-order valence-corrected chi connectivity index (χ4v) is 3.80. The number of imidazole rings is 1. The molecule has 0 unspecified atom stereocenters. The Balaban J connectivity index is 1.71. The summed E-state index contributed by atoms with van der Waals surface area (Å²) < 4.78 is 1.78. The summed E-state index contributed by atoms with van der Waals surface area (Å²) in [7, 11) is 0. The number of nitro benzene ring substituents is 2. The van der Waals surface area contributed by atoms with Gasteiger partial charge in [-0.15, -0.1) is 0 Å². The van der Waals surface area contributed by atoms with Crippen molar-refractivity contribution < 1.29 is 9.85 Å². The first kappa shape index (κ1) is 18.6. The highest BCUT2D eigenvalue weighted by Crippen LogP contribution is 2.30. The summed E-state index contributed by atoms with van der Waals surface area (Å²) in [5.41, 5.74) is 2.76. The molecule has 0 aliphatic carbocycles. The number of hydrogen-bond donors (Lipinski definition) is 0. The van der Waals surface area contributed by atoms with Crippen LogP contribution < -0.4 is 0 Å². The number of rotatable bonds is 6. The number of hydrogen-bond acceptors (Lipinski definition) is 7. The van der Waals surface area contributed by atoms with Gasteiger partial charge in [-0.1, -0.05) is 30.0 Å². The van der Waals surface area contributed by atoms with Crippen molar-refractivity contribution in [2.45, 2.75) is 10.9 Å². The van der Waals surface area contributed by atoms with Crippen molar-refractivity contribution in [3.05, 3.63) is 92.7 Å². The van der Waals surface area contributed by atoms with Crippen LogP contribution in [0.15, 0.2) is 72.0 Å². The van der Waals surface area contributed by atoms with Crippen molar-refractivity contribution in [1.29, 1.82) is 0 Å². The van der Waals surface area contributed by atoms with Crippen LogP contribution in [0.4, 0.5) is 11.4 Å². The van der Waals surface area contributed by atoms with Crippen molar-refractivity contribution >= 4 is 34.3 Å². The lowest BCUT2D eigenvalue weighted by Gasteiger charge is -2.08. The van der Waals surface area contributed by atoms with Crippen molar-refractivity contribution in [2.24, 2.45) is 0 Å². The molecule has 29 heavy (non-hydrogen) atoms. The van der Waals surface area contributed by atoms with Gasteiger partial charge in [0.2, 0.25) is 0 Å². The molecule has 0 atom stereocenters. The first-order valence-corrected chi connectivity index (χ1v) is 9.46. The molecule has 0 N–H and O–H groups in total. The summed E-state index contributed by atoms with van der Waals surface area (Å²) >= 11 is 1.42. The van der Waals surface area contributed by atoms with Crippen LogP contribution in [0, 0.1) is 20.2 Å². The summed E-state index contributed by atoms with van der Waals surface area (Å²) in [6.07, 6.45) is 1.64. The van der Waals surface area contributed by atoms with Crippen molar-refractivity contribution in [3.63, 3.8) is 0 Å². The van der Waals surface area contributed by atoms with Crippen molar-refractivity contribution in [1.82, 2.24) is 14.5 Å². The van der Waals surface area contributed by atoms with Crippen LogP contribution in [0.25, 0.3) is 16.9 Å². The number of non-ortho nitro benzene ring substituents is 2. The molecule has 0 aliphatic heterocycles. The SMILES string of the molecule is O=[N+]([O-])c1ccc(CSc2nc3cccnc3n2-c2cccc([N+](=O)[O-])c2)cc1. The highest BCUT2D eigenvalue weighted by atomic mass is 32.2. The van der Waals surface area contributed by atoms with Crippen LogP contribution in [0.2, 0.25) is 0 Å². The topological polar surface area (TPSA) is 117 Å². The molecular weight excluding hydrogens is 394 g/mol. The Kier molecular flexibility index (Phi) is 4.92. The predicted octanol–water partition coefficient (Wildman–Crippen LogP) is 4.53. The molecule has 0 bridgehead atoms. The van der Waals surface area contributed by atoms with Gasteiger partial charge < -0.3 is 0 Å². The first-order chi connectivity index (χ1) is 14.0. The Bertz CT molecular complexity index is 1220. The molecule has 10 heteroatoms. The number of nitro groups is 2. The second-order valence-corrected chi connectivity index (χ2v) is 7.01. The van der Waals surface area contributed by atoms with Crippen LogP contribution in [0.5, 0.6) is 0 Å². The molecule has 0 spiro atoms. The van der Waals surface area contributed by atoms with Gasteiger partial charge in [0.25, 0.3) is 11.4 Å². The standard InChI is InChI=1S/C19H13N5O4S/c25-23(26)14-8-6-13(7-9-14)12-29-19-21-17-5-2-10-20-18(17)22(19)15-3-1-4-16(11-15)24(27)28/h1-11H,12H2. The van der Waals surface area contributed by atoms with E-state index in [9.17, 15) is 20.2 Å². The molecule has 2 aromatic heterocycles. The number of pyridine rings is 1. The zero-order valence-electron chi connectivity index (χ0n) is 14.8. The van der Waals surface area contributed by atoms with Gasteiger partial charge in [0.05, 0.1) is 15.5 Å². The third kappa shape index (κ3) is 3.78. The molecule has 0 saturated carbocycles. The molecule has 4 rings (SSSR count). The molecular formula is C19H13N5O4S. The van der Waals surface area contributed by atoms with E-state index in [2.05, 4.69) is 9.97 Å². The summed E-state index contributed by atoms with van der Waals surface area (Å²) in [4.78, 5) is 30.1. The molecule has 0 fully saturated rings. The summed E-state index contributed by atoms with van der Waals surface area (Å²) in [6, 6.07) is 16.2. The van der Waals surface area contributed by atoms with Gasteiger partial charge in [-0.3, -0.25) is 24.8 Å². The van der Waals surface area contributed by atoms with Crippen LogP contribution in [0.3, 0.4) is 0 Å². The number of nitrogens with zero attached hydrogens (tertiary/aromatic N) is 5. The van der Waals surface area contributed by atoms with E-state index < -0.39 is 9.85 Å². The minimum Gasteiger partial charge on any atom is -0.271 e. The molecule has 144 valence electrons. The van der Waals surface area contributed by atoms with Gasteiger partial charge in [0.1, 0.15) is 5.52 Å². The van der Waals surface area contributed by atoms with E-state index in [1.165, 1.54) is 36.0 Å². The molecule has 0 radical (unpaired) electrons. The Hall–Kier alpha value is -3.79. The van der Waals surface area contributed by atoms with E-state index in [-0.39, 0.29) is 11.4 Å². The molecule has 2 heterocycles. The molecule has 2 aromatic carbocycles. The first-order valence-electron chi connectivity index (χ1n) is 8.47. The monoisotopic (exact) mass is 407 g/mol. The minimum atomic E-state index is -0.445. The number of benzene rings is 2. The number of aromatic nitrogens is 3. The summed E-state index contributed by atoms with van der Waals surface area (Å²) in [5, 5.41) is 22.6.